The van der Waals surface area contributed by atoms with E-state index in [4.69, 9.17) is 4.74 Å². The molecule has 1 aromatic carbocycles. The number of ether oxygens (including phenoxy) is 1. The van der Waals surface area contributed by atoms with Crippen LogP contribution in [0.1, 0.15) is 25.8 Å². The fourth-order valence-electron chi connectivity index (χ4n) is 3.46. The summed E-state index contributed by atoms with van der Waals surface area (Å²) >= 11 is 0. The van der Waals surface area contributed by atoms with Gasteiger partial charge in [0.05, 0.1) is 0 Å². The lowest BCUT2D eigenvalue weighted by molar-refractivity contribution is -0.132. The third kappa shape index (κ3) is 3.11. The van der Waals surface area contributed by atoms with Gasteiger partial charge in [-0.3, -0.25) is 14.6 Å². The molecule has 0 unspecified atom stereocenters. The van der Waals surface area contributed by atoms with Crippen LogP contribution in [-0.2, 0) is 4.79 Å². The number of carbonyl (C=O) groups is 2. The Bertz CT molecular complexity index is 646. The first kappa shape index (κ1) is 16.8. The molecule has 1 N–H and O–H groups in total. The number of nitrogens with zero attached hydrogens (tertiary/aromatic N) is 2. The number of hydrogen-bond donors (Lipinski definition) is 1. The van der Waals surface area contributed by atoms with Crippen molar-refractivity contribution in [1.82, 2.24) is 15.1 Å². The molecule has 0 saturated carbocycles. The normalized spacial score (nSPS) is 24.2. The summed E-state index contributed by atoms with van der Waals surface area (Å²) in [7, 11) is 0. The third-order valence-electron chi connectivity index (χ3n) is 4.72. The average Bonchev–Trinajstić information content (AvgIpc) is 3.01. The lowest BCUT2D eigenvalue weighted by atomic mass is 9.99. The zero-order valence-corrected chi connectivity index (χ0v) is 14.5. The molecule has 0 bridgehead atoms. The van der Waals surface area contributed by atoms with Crippen molar-refractivity contribution in [2.75, 3.05) is 26.2 Å². The number of amides is 3. The largest absolute Gasteiger partial charge is 0.492 e. The van der Waals surface area contributed by atoms with Gasteiger partial charge in [0.15, 0.2) is 0 Å². The molecule has 2 aliphatic rings. The molecular weight excluding hydrogens is 306 g/mol. The van der Waals surface area contributed by atoms with E-state index in [1.54, 1.807) is 0 Å². The Morgan fingerprint density at radius 3 is 2.79 bits per heavy atom. The van der Waals surface area contributed by atoms with Crippen molar-refractivity contribution in [2.45, 2.75) is 38.8 Å². The van der Waals surface area contributed by atoms with Crippen molar-refractivity contribution in [3.8, 4) is 5.75 Å². The van der Waals surface area contributed by atoms with E-state index in [-0.39, 0.29) is 18.0 Å². The van der Waals surface area contributed by atoms with E-state index < -0.39 is 5.54 Å². The van der Waals surface area contributed by atoms with E-state index in [9.17, 15) is 9.59 Å². The Morgan fingerprint density at radius 2 is 2.12 bits per heavy atom. The number of hydrogen-bond acceptors (Lipinski definition) is 4. The highest BCUT2D eigenvalue weighted by atomic mass is 16.5. The van der Waals surface area contributed by atoms with Gasteiger partial charge in [-0.2, -0.15) is 0 Å². The Labute approximate surface area is 142 Å². The zero-order chi connectivity index (χ0) is 17.3. The van der Waals surface area contributed by atoms with E-state index in [1.165, 1.54) is 10.5 Å². The van der Waals surface area contributed by atoms with Crippen LogP contribution in [0.25, 0.3) is 0 Å². The highest BCUT2D eigenvalue weighted by Crippen LogP contribution is 2.29. The SMILES string of the molecule is Cc1cccc(OCCN2CC[C@]3(C2)NC(=O)N(C(C)C)C3=O)c1. The fraction of sp³-hybridized carbons (Fsp3) is 0.556. The van der Waals surface area contributed by atoms with Gasteiger partial charge in [-0.15, -0.1) is 0 Å². The minimum Gasteiger partial charge on any atom is -0.492 e. The van der Waals surface area contributed by atoms with Crippen LogP contribution in [-0.4, -0.2) is 59.6 Å². The molecule has 6 heteroatoms. The second-order valence-electron chi connectivity index (χ2n) is 6.97. The van der Waals surface area contributed by atoms with Crippen molar-refractivity contribution >= 4 is 11.9 Å². The van der Waals surface area contributed by atoms with Gasteiger partial charge in [0.1, 0.15) is 17.9 Å². The van der Waals surface area contributed by atoms with E-state index in [0.29, 0.717) is 19.6 Å². The maximum atomic E-state index is 12.6. The highest BCUT2D eigenvalue weighted by molar-refractivity contribution is 6.07. The van der Waals surface area contributed by atoms with Crippen LogP contribution in [0.5, 0.6) is 5.75 Å². The van der Waals surface area contributed by atoms with Gasteiger partial charge in [-0.05, 0) is 44.9 Å². The van der Waals surface area contributed by atoms with Crippen molar-refractivity contribution in [3.05, 3.63) is 29.8 Å². The molecule has 2 aliphatic heterocycles. The lowest BCUT2D eigenvalue weighted by Gasteiger charge is -2.23. The molecule has 0 aliphatic carbocycles. The van der Waals surface area contributed by atoms with Crippen LogP contribution in [0.15, 0.2) is 24.3 Å². The lowest BCUT2D eigenvalue weighted by Crippen LogP contribution is -2.49. The van der Waals surface area contributed by atoms with Gasteiger partial charge in [0.25, 0.3) is 5.91 Å². The van der Waals surface area contributed by atoms with E-state index >= 15 is 0 Å². The van der Waals surface area contributed by atoms with Gasteiger partial charge < -0.3 is 10.1 Å². The number of likely N-dealkylation sites (tertiary alicyclic amines) is 1. The number of nitrogens with one attached hydrogen (secondary N) is 1. The van der Waals surface area contributed by atoms with Gasteiger partial charge in [-0.25, -0.2) is 4.79 Å². The van der Waals surface area contributed by atoms with Gasteiger partial charge in [0.2, 0.25) is 0 Å². The molecule has 1 spiro atoms. The number of carbonyl (C=O) groups excluding carboxylic acids is 2. The molecule has 130 valence electrons. The highest BCUT2D eigenvalue weighted by Gasteiger charge is 2.55. The summed E-state index contributed by atoms with van der Waals surface area (Å²) in [6.45, 7) is 8.40. The summed E-state index contributed by atoms with van der Waals surface area (Å²) in [4.78, 5) is 28.2. The van der Waals surface area contributed by atoms with Crippen LogP contribution in [0.2, 0.25) is 0 Å². The van der Waals surface area contributed by atoms with Crippen LogP contribution < -0.4 is 10.1 Å². The molecule has 6 nitrogen and oxygen atoms in total. The molecule has 2 saturated heterocycles. The Kier molecular flexibility index (Phi) is 4.49. The van der Waals surface area contributed by atoms with E-state index in [1.807, 2.05) is 45.0 Å². The Morgan fingerprint density at radius 1 is 1.33 bits per heavy atom. The standard InChI is InChI=1S/C18H25N3O3/c1-13(2)21-16(22)18(19-17(21)23)7-8-20(12-18)9-10-24-15-6-4-5-14(3)11-15/h4-6,11,13H,7-10,12H2,1-3H3,(H,19,23)/t18-/m1/s1. The smallest absolute Gasteiger partial charge is 0.325 e. The van der Waals surface area contributed by atoms with Gasteiger partial charge in [-0.1, -0.05) is 12.1 Å². The molecule has 0 radical (unpaired) electrons. The topological polar surface area (TPSA) is 61.9 Å². The number of imide groups is 1. The number of aryl methyl sites for hydroxylation is 1. The molecule has 2 heterocycles. The molecular formula is C18H25N3O3. The van der Waals surface area contributed by atoms with Gasteiger partial charge >= 0.3 is 6.03 Å². The summed E-state index contributed by atoms with van der Waals surface area (Å²) in [6.07, 6.45) is 0.658. The average molecular weight is 331 g/mol. The minimum absolute atomic E-state index is 0.0930. The first-order valence-electron chi connectivity index (χ1n) is 8.49. The number of urea groups is 1. The predicted octanol–water partition coefficient (Wildman–Crippen LogP) is 1.78. The second kappa shape index (κ2) is 6.43. The number of rotatable bonds is 5. The monoisotopic (exact) mass is 331 g/mol. The second-order valence-corrected chi connectivity index (χ2v) is 6.97. The van der Waals surface area contributed by atoms with Crippen molar-refractivity contribution in [3.63, 3.8) is 0 Å². The molecule has 3 amide bonds. The third-order valence-corrected chi connectivity index (χ3v) is 4.72. The maximum absolute atomic E-state index is 12.6. The molecule has 1 atom stereocenters. The summed E-state index contributed by atoms with van der Waals surface area (Å²) in [5.74, 6) is 0.768. The first-order chi connectivity index (χ1) is 11.4. The summed E-state index contributed by atoms with van der Waals surface area (Å²) in [5, 5.41) is 2.91. The Hall–Kier alpha value is -2.08. The van der Waals surface area contributed by atoms with Crippen molar-refractivity contribution < 1.29 is 14.3 Å². The number of benzene rings is 1. The summed E-state index contributed by atoms with van der Waals surface area (Å²) in [5.41, 5.74) is 0.422. The van der Waals surface area contributed by atoms with Crippen LogP contribution in [0, 0.1) is 6.92 Å². The summed E-state index contributed by atoms with van der Waals surface area (Å²) < 4.78 is 5.78. The molecule has 1 aromatic rings. The van der Waals surface area contributed by atoms with Crippen LogP contribution in [0.4, 0.5) is 4.79 Å². The predicted molar refractivity (Wildman–Crippen MR) is 91.0 cm³/mol. The quantitative estimate of drug-likeness (QED) is 0.836. The zero-order valence-electron chi connectivity index (χ0n) is 14.5. The molecule has 0 aromatic heterocycles. The fourth-order valence-corrected chi connectivity index (χ4v) is 3.46. The molecule has 2 fully saturated rings. The van der Waals surface area contributed by atoms with Crippen LogP contribution >= 0.6 is 0 Å². The molecule has 3 rings (SSSR count). The van der Waals surface area contributed by atoms with Gasteiger partial charge in [0, 0.05) is 25.7 Å². The van der Waals surface area contributed by atoms with Crippen molar-refractivity contribution in [2.24, 2.45) is 0 Å². The minimum atomic E-state index is -0.745. The van der Waals surface area contributed by atoms with Crippen LogP contribution in [0.3, 0.4) is 0 Å². The first-order valence-corrected chi connectivity index (χ1v) is 8.49. The van der Waals surface area contributed by atoms with Crippen molar-refractivity contribution in [1.29, 1.82) is 0 Å². The Balaban J connectivity index is 1.54. The van der Waals surface area contributed by atoms with E-state index in [2.05, 4.69) is 10.2 Å². The molecule has 24 heavy (non-hydrogen) atoms. The maximum Gasteiger partial charge on any atom is 0.325 e. The summed E-state index contributed by atoms with van der Waals surface area (Å²) in [6, 6.07) is 7.57. The van der Waals surface area contributed by atoms with E-state index in [0.717, 1.165) is 18.8 Å².